The predicted octanol–water partition coefficient (Wildman–Crippen LogP) is 2.62. The van der Waals surface area contributed by atoms with E-state index < -0.39 is 11.9 Å². The maximum Gasteiger partial charge on any atom is 0.335 e. The van der Waals surface area contributed by atoms with E-state index >= 15 is 0 Å². The molecule has 1 amide bonds. The monoisotopic (exact) mass is 378 g/mol. The zero-order chi connectivity index (χ0) is 16.8. The Kier molecular flexibility index (Phi) is 5.59. The summed E-state index contributed by atoms with van der Waals surface area (Å²) in [6.07, 6.45) is 0. The summed E-state index contributed by atoms with van der Waals surface area (Å²) < 4.78 is 6.24. The number of halogens is 1. The van der Waals surface area contributed by atoms with Gasteiger partial charge in [-0.15, -0.1) is 0 Å². The smallest absolute Gasteiger partial charge is 0.335 e. The molecule has 2 aromatic rings. The zero-order valence-corrected chi connectivity index (χ0v) is 13.7. The first-order valence-corrected chi connectivity index (χ1v) is 7.52. The molecule has 6 nitrogen and oxygen atoms in total. The van der Waals surface area contributed by atoms with Crippen molar-refractivity contribution in [2.75, 3.05) is 11.9 Å². The van der Waals surface area contributed by atoms with Crippen molar-refractivity contribution in [2.45, 2.75) is 6.54 Å². The van der Waals surface area contributed by atoms with E-state index in [4.69, 9.17) is 15.6 Å². The molecule has 0 fully saturated rings. The van der Waals surface area contributed by atoms with Gasteiger partial charge in [0.15, 0.2) is 6.61 Å². The lowest BCUT2D eigenvalue weighted by Crippen LogP contribution is -2.20. The van der Waals surface area contributed by atoms with Crippen LogP contribution in [0.4, 0.5) is 5.69 Å². The minimum absolute atomic E-state index is 0.203. The first kappa shape index (κ1) is 16.8. The topological polar surface area (TPSA) is 102 Å². The molecule has 0 spiro atoms. The van der Waals surface area contributed by atoms with Crippen LogP contribution in [-0.4, -0.2) is 23.6 Å². The van der Waals surface area contributed by atoms with E-state index in [2.05, 4.69) is 21.2 Å². The standard InChI is InChI=1S/C16H15BrN2O4/c17-12-4-5-14(23-9-15(18)20)11(6-12)8-19-13-3-1-2-10(7-13)16(21)22/h1-7,19H,8-9H2,(H2,18,20)(H,21,22). The van der Waals surface area contributed by atoms with Crippen LogP contribution in [-0.2, 0) is 11.3 Å². The fourth-order valence-corrected chi connectivity index (χ4v) is 2.34. The fourth-order valence-electron chi connectivity index (χ4n) is 1.94. The van der Waals surface area contributed by atoms with Crippen molar-refractivity contribution in [3.63, 3.8) is 0 Å². The second kappa shape index (κ2) is 7.64. The van der Waals surface area contributed by atoms with Gasteiger partial charge in [0.1, 0.15) is 5.75 Å². The number of carboxylic acid groups (broad SMARTS) is 1. The molecule has 0 aliphatic heterocycles. The second-order valence-electron chi connectivity index (χ2n) is 4.75. The van der Waals surface area contributed by atoms with Crippen molar-refractivity contribution >= 4 is 33.5 Å². The van der Waals surface area contributed by atoms with Gasteiger partial charge in [0, 0.05) is 22.3 Å². The lowest BCUT2D eigenvalue weighted by atomic mass is 10.1. The van der Waals surface area contributed by atoms with Crippen LogP contribution in [0.3, 0.4) is 0 Å². The number of benzene rings is 2. The summed E-state index contributed by atoms with van der Waals surface area (Å²) in [6, 6.07) is 11.9. The summed E-state index contributed by atoms with van der Waals surface area (Å²) in [7, 11) is 0. The van der Waals surface area contributed by atoms with Gasteiger partial charge in [0.2, 0.25) is 0 Å². The number of carboxylic acids is 1. The number of primary amides is 1. The summed E-state index contributed by atoms with van der Waals surface area (Å²) in [4.78, 5) is 21.8. The molecule has 23 heavy (non-hydrogen) atoms. The molecule has 0 saturated heterocycles. The van der Waals surface area contributed by atoms with Gasteiger partial charge in [-0.05, 0) is 36.4 Å². The van der Waals surface area contributed by atoms with Crippen molar-refractivity contribution in [3.05, 3.63) is 58.1 Å². The molecule has 0 heterocycles. The van der Waals surface area contributed by atoms with Crippen LogP contribution < -0.4 is 15.8 Å². The molecule has 0 aromatic heterocycles. The Hall–Kier alpha value is -2.54. The molecule has 0 aliphatic carbocycles. The molecule has 0 aliphatic rings. The Morgan fingerprint density at radius 2 is 2.00 bits per heavy atom. The van der Waals surface area contributed by atoms with Gasteiger partial charge in [-0.25, -0.2) is 4.79 Å². The van der Waals surface area contributed by atoms with Gasteiger partial charge in [0.25, 0.3) is 5.91 Å². The lowest BCUT2D eigenvalue weighted by Gasteiger charge is -2.13. The first-order chi connectivity index (χ1) is 11.0. The maximum atomic E-state index is 11.0. The van der Waals surface area contributed by atoms with Crippen LogP contribution >= 0.6 is 15.9 Å². The average Bonchev–Trinajstić information content (AvgIpc) is 2.52. The lowest BCUT2D eigenvalue weighted by molar-refractivity contribution is -0.119. The van der Waals surface area contributed by atoms with E-state index in [1.54, 1.807) is 30.3 Å². The molecule has 0 bridgehead atoms. The van der Waals surface area contributed by atoms with Crippen LogP contribution in [0.5, 0.6) is 5.75 Å². The van der Waals surface area contributed by atoms with E-state index in [-0.39, 0.29) is 12.2 Å². The Morgan fingerprint density at radius 1 is 1.22 bits per heavy atom. The highest BCUT2D eigenvalue weighted by Gasteiger charge is 2.08. The summed E-state index contributed by atoms with van der Waals surface area (Å²) in [6.45, 7) is 0.194. The van der Waals surface area contributed by atoms with E-state index in [1.165, 1.54) is 6.07 Å². The van der Waals surface area contributed by atoms with Crippen molar-refractivity contribution in [1.29, 1.82) is 0 Å². The van der Waals surface area contributed by atoms with Crippen molar-refractivity contribution in [3.8, 4) is 5.75 Å². The molecule has 7 heteroatoms. The third kappa shape index (κ3) is 5.00. The van der Waals surface area contributed by atoms with Crippen molar-refractivity contribution < 1.29 is 19.4 Å². The molecule has 120 valence electrons. The third-order valence-corrected chi connectivity index (χ3v) is 3.48. The Labute approximate surface area is 141 Å². The number of amides is 1. The highest BCUT2D eigenvalue weighted by atomic mass is 79.9. The molecule has 2 aromatic carbocycles. The average molecular weight is 379 g/mol. The first-order valence-electron chi connectivity index (χ1n) is 6.72. The Bertz CT molecular complexity index is 734. The number of hydrogen-bond acceptors (Lipinski definition) is 4. The van der Waals surface area contributed by atoms with Crippen molar-refractivity contribution in [1.82, 2.24) is 0 Å². The van der Waals surface area contributed by atoms with Crippen LogP contribution in [0.1, 0.15) is 15.9 Å². The van der Waals surface area contributed by atoms with Gasteiger partial charge >= 0.3 is 5.97 Å². The van der Waals surface area contributed by atoms with E-state index in [1.807, 2.05) is 6.07 Å². The molecular formula is C16H15BrN2O4. The molecule has 0 atom stereocenters. The minimum Gasteiger partial charge on any atom is -0.483 e. The number of carbonyl (C=O) groups excluding carboxylic acids is 1. The van der Waals surface area contributed by atoms with Crippen molar-refractivity contribution in [2.24, 2.45) is 5.73 Å². The summed E-state index contributed by atoms with van der Waals surface area (Å²) >= 11 is 3.38. The van der Waals surface area contributed by atoms with Crippen LogP contribution in [0, 0.1) is 0 Å². The normalized spacial score (nSPS) is 10.1. The molecule has 0 saturated carbocycles. The van der Waals surface area contributed by atoms with Crippen LogP contribution in [0.25, 0.3) is 0 Å². The number of hydrogen-bond donors (Lipinski definition) is 3. The largest absolute Gasteiger partial charge is 0.483 e. The molecule has 0 unspecified atom stereocenters. The van der Waals surface area contributed by atoms with Gasteiger partial charge < -0.3 is 20.9 Å². The Morgan fingerprint density at radius 3 is 2.70 bits per heavy atom. The number of anilines is 1. The van der Waals surface area contributed by atoms with Crippen LogP contribution in [0.2, 0.25) is 0 Å². The number of carbonyl (C=O) groups is 2. The quantitative estimate of drug-likeness (QED) is 0.687. The minimum atomic E-state index is -0.985. The zero-order valence-electron chi connectivity index (χ0n) is 12.1. The van der Waals surface area contributed by atoms with Gasteiger partial charge in [-0.3, -0.25) is 4.79 Å². The van der Waals surface area contributed by atoms with E-state index in [0.717, 1.165) is 10.0 Å². The predicted molar refractivity (Wildman–Crippen MR) is 89.6 cm³/mol. The molecular weight excluding hydrogens is 364 g/mol. The number of rotatable bonds is 7. The maximum absolute atomic E-state index is 11.0. The number of ether oxygens (including phenoxy) is 1. The number of aromatic carboxylic acids is 1. The van der Waals surface area contributed by atoms with Gasteiger partial charge in [-0.1, -0.05) is 22.0 Å². The fraction of sp³-hybridized carbons (Fsp3) is 0.125. The third-order valence-electron chi connectivity index (χ3n) is 2.98. The highest BCUT2D eigenvalue weighted by Crippen LogP contribution is 2.24. The highest BCUT2D eigenvalue weighted by molar-refractivity contribution is 9.10. The van der Waals surface area contributed by atoms with E-state index in [9.17, 15) is 9.59 Å². The number of nitrogens with two attached hydrogens (primary N) is 1. The summed E-state index contributed by atoms with van der Waals surface area (Å²) in [5.74, 6) is -1.00. The SMILES string of the molecule is NC(=O)COc1ccc(Br)cc1CNc1cccc(C(=O)O)c1. The molecule has 2 rings (SSSR count). The molecule has 0 radical (unpaired) electrons. The molecule has 4 N–H and O–H groups in total. The number of nitrogens with one attached hydrogen (secondary N) is 1. The van der Waals surface area contributed by atoms with E-state index in [0.29, 0.717) is 18.0 Å². The Balaban J connectivity index is 2.13. The van der Waals surface area contributed by atoms with Gasteiger partial charge in [-0.2, -0.15) is 0 Å². The van der Waals surface area contributed by atoms with Gasteiger partial charge in [0.05, 0.1) is 5.56 Å². The van der Waals surface area contributed by atoms with Crippen LogP contribution in [0.15, 0.2) is 46.9 Å². The second-order valence-corrected chi connectivity index (χ2v) is 5.66. The summed E-state index contributed by atoms with van der Waals surface area (Å²) in [5, 5.41) is 12.1. The summed E-state index contributed by atoms with van der Waals surface area (Å²) in [5.41, 5.74) is 6.77.